The maximum atomic E-state index is 13.9. The number of methoxy groups -OCH3 is 3. The van der Waals surface area contributed by atoms with Crippen LogP contribution in [-0.4, -0.2) is 62.9 Å². The van der Waals surface area contributed by atoms with E-state index in [1.54, 1.807) is 42.7 Å². The molecule has 1 aliphatic heterocycles. The molecule has 0 N–H and O–H groups in total. The Bertz CT molecular complexity index is 1550. The molecule has 0 bridgehead atoms. The Morgan fingerprint density at radius 3 is 2.29 bits per heavy atom. The summed E-state index contributed by atoms with van der Waals surface area (Å²) in [5.41, 5.74) is 3.59. The van der Waals surface area contributed by atoms with Crippen LogP contribution in [0.15, 0.2) is 89.5 Å². The maximum Gasteiger partial charge on any atom is 0.336 e. The topological polar surface area (TPSA) is 96.4 Å². The lowest BCUT2D eigenvalue weighted by Gasteiger charge is -2.38. The van der Waals surface area contributed by atoms with Crippen LogP contribution in [0.3, 0.4) is 0 Å². The van der Waals surface area contributed by atoms with Gasteiger partial charge in [-0.15, -0.1) is 0 Å². The fourth-order valence-electron chi connectivity index (χ4n) is 5.48. The first-order valence-electron chi connectivity index (χ1n) is 14.7. The van der Waals surface area contributed by atoms with Crippen LogP contribution in [0.5, 0.6) is 17.2 Å². The van der Waals surface area contributed by atoms with Crippen molar-refractivity contribution in [2.24, 2.45) is 0 Å². The largest absolute Gasteiger partial charge is 0.493 e. The lowest BCUT2D eigenvalue weighted by atomic mass is 9.79. The highest BCUT2D eigenvalue weighted by molar-refractivity contribution is 6.00. The zero-order valence-electron chi connectivity index (χ0n) is 26.3. The molecule has 0 spiro atoms. The molecule has 0 amide bonds. The Morgan fingerprint density at radius 1 is 0.867 bits per heavy atom. The molecule has 45 heavy (non-hydrogen) atoms. The van der Waals surface area contributed by atoms with E-state index in [-0.39, 0.29) is 12.4 Å². The Morgan fingerprint density at radius 2 is 1.62 bits per heavy atom. The summed E-state index contributed by atoms with van der Waals surface area (Å²) in [4.78, 5) is 33.4. The molecule has 0 fully saturated rings. The molecule has 238 valence electrons. The first-order chi connectivity index (χ1) is 21.8. The van der Waals surface area contributed by atoms with Gasteiger partial charge in [0.2, 0.25) is 0 Å². The van der Waals surface area contributed by atoms with E-state index in [1.165, 1.54) is 33.5 Å². The smallest absolute Gasteiger partial charge is 0.336 e. The summed E-state index contributed by atoms with van der Waals surface area (Å²) in [6.07, 6.45) is 5.32. The summed E-state index contributed by atoms with van der Waals surface area (Å²) in [6.45, 7) is 4.56. The highest BCUT2D eigenvalue weighted by Crippen LogP contribution is 2.44. The SMILES string of the molecule is COC(=O)C1=C(C)N(CCCOc2cccc(F)c2)C(C)=C(C(=O)OCCCc2cccnc2)C1c1ccc(OC)c(OC)c1. The number of rotatable bonds is 14. The molecule has 2 aromatic carbocycles. The van der Waals surface area contributed by atoms with E-state index in [0.29, 0.717) is 77.8 Å². The average molecular weight is 619 g/mol. The highest BCUT2D eigenvalue weighted by atomic mass is 19.1. The van der Waals surface area contributed by atoms with Crippen LogP contribution in [0.1, 0.15) is 43.7 Å². The van der Waals surface area contributed by atoms with Gasteiger partial charge in [0.25, 0.3) is 0 Å². The Balaban J connectivity index is 1.66. The molecule has 4 rings (SSSR count). The van der Waals surface area contributed by atoms with Gasteiger partial charge in [-0.05, 0) is 74.6 Å². The third kappa shape index (κ3) is 8.00. The van der Waals surface area contributed by atoms with E-state index in [1.807, 2.05) is 30.9 Å². The molecule has 0 saturated carbocycles. The molecule has 1 aromatic heterocycles. The van der Waals surface area contributed by atoms with Crippen molar-refractivity contribution in [2.45, 2.75) is 39.0 Å². The van der Waals surface area contributed by atoms with Gasteiger partial charge >= 0.3 is 11.9 Å². The molecule has 1 atom stereocenters. The number of halogens is 1. The molecule has 3 aromatic rings. The summed E-state index contributed by atoms with van der Waals surface area (Å²) in [5, 5.41) is 0. The van der Waals surface area contributed by atoms with E-state index < -0.39 is 17.9 Å². The number of esters is 2. The normalized spacial score (nSPS) is 14.7. The van der Waals surface area contributed by atoms with E-state index in [2.05, 4.69) is 4.98 Å². The third-order valence-corrected chi connectivity index (χ3v) is 7.69. The number of ether oxygens (including phenoxy) is 5. The fraction of sp³-hybridized carbons (Fsp3) is 0.343. The van der Waals surface area contributed by atoms with Crippen molar-refractivity contribution in [3.63, 3.8) is 0 Å². The van der Waals surface area contributed by atoms with Gasteiger partial charge in [0, 0.05) is 36.4 Å². The van der Waals surface area contributed by atoms with Crippen LogP contribution in [0.25, 0.3) is 0 Å². The molecule has 0 radical (unpaired) electrons. The Hall–Kier alpha value is -4.86. The van der Waals surface area contributed by atoms with E-state index in [0.717, 1.165) is 5.56 Å². The van der Waals surface area contributed by atoms with Gasteiger partial charge in [-0.3, -0.25) is 4.98 Å². The molecule has 9 nitrogen and oxygen atoms in total. The van der Waals surface area contributed by atoms with E-state index in [4.69, 9.17) is 23.7 Å². The predicted octanol–water partition coefficient (Wildman–Crippen LogP) is 6.00. The number of aromatic nitrogens is 1. The summed E-state index contributed by atoms with van der Waals surface area (Å²) < 4.78 is 41.4. The van der Waals surface area contributed by atoms with Crippen molar-refractivity contribution >= 4 is 11.9 Å². The lowest BCUT2D eigenvalue weighted by molar-refractivity contribution is -0.139. The number of pyridine rings is 1. The predicted molar refractivity (Wildman–Crippen MR) is 166 cm³/mol. The number of hydrogen-bond donors (Lipinski definition) is 0. The van der Waals surface area contributed by atoms with Crippen LogP contribution >= 0.6 is 0 Å². The summed E-state index contributed by atoms with van der Waals surface area (Å²) in [7, 11) is 4.38. The molecule has 0 saturated heterocycles. The van der Waals surface area contributed by atoms with Crippen LogP contribution in [-0.2, 0) is 25.5 Å². The fourth-order valence-corrected chi connectivity index (χ4v) is 5.48. The molecule has 1 unspecified atom stereocenters. The summed E-state index contributed by atoms with van der Waals surface area (Å²) >= 11 is 0. The number of nitrogens with zero attached hydrogens (tertiary/aromatic N) is 2. The summed E-state index contributed by atoms with van der Waals surface area (Å²) in [5.74, 6) is -0.881. The lowest BCUT2D eigenvalue weighted by Crippen LogP contribution is -2.36. The van der Waals surface area contributed by atoms with Crippen LogP contribution in [0.2, 0.25) is 0 Å². The van der Waals surface area contributed by atoms with Crippen molar-refractivity contribution < 1.29 is 37.7 Å². The quantitative estimate of drug-likeness (QED) is 0.159. The van der Waals surface area contributed by atoms with Gasteiger partial charge in [-0.1, -0.05) is 18.2 Å². The zero-order chi connectivity index (χ0) is 32.3. The molecule has 1 aliphatic rings. The number of hydrogen-bond acceptors (Lipinski definition) is 9. The number of carbonyl (C=O) groups is 2. The molecular formula is C35H39FN2O7. The first kappa shape index (κ1) is 33.0. The highest BCUT2D eigenvalue weighted by Gasteiger charge is 2.40. The van der Waals surface area contributed by atoms with E-state index >= 15 is 0 Å². The van der Waals surface area contributed by atoms with Crippen LogP contribution in [0, 0.1) is 5.82 Å². The van der Waals surface area contributed by atoms with Crippen molar-refractivity contribution in [1.29, 1.82) is 0 Å². The first-order valence-corrected chi connectivity index (χ1v) is 14.7. The monoisotopic (exact) mass is 618 g/mol. The van der Waals surface area contributed by atoms with Crippen molar-refractivity contribution in [3.8, 4) is 17.2 Å². The molecule has 2 heterocycles. The van der Waals surface area contributed by atoms with Gasteiger partial charge in [0.1, 0.15) is 11.6 Å². The maximum absolute atomic E-state index is 13.9. The van der Waals surface area contributed by atoms with E-state index in [9.17, 15) is 14.0 Å². The van der Waals surface area contributed by atoms with Gasteiger partial charge in [0.05, 0.1) is 51.6 Å². The second kappa shape index (κ2) is 15.7. The Kier molecular flexibility index (Phi) is 11.6. The molecule has 0 aliphatic carbocycles. The second-order valence-electron chi connectivity index (χ2n) is 10.4. The second-order valence-corrected chi connectivity index (χ2v) is 10.4. The minimum absolute atomic E-state index is 0.181. The minimum Gasteiger partial charge on any atom is -0.493 e. The Labute approximate surface area is 263 Å². The van der Waals surface area contributed by atoms with Crippen molar-refractivity contribution in [3.05, 3.63) is 106 Å². The van der Waals surface area contributed by atoms with Gasteiger partial charge < -0.3 is 28.6 Å². The van der Waals surface area contributed by atoms with Crippen molar-refractivity contribution in [2.75, 3.05) is 41.1 Å². The standard InChI is InChI=1S/C35H39FN2O7/c1-23-31(34(39)43-5)33(26-14-15-29(41-3)30(20-26)42-4)32(35(40)45-18-8-11-25-10-7-16-37-22-25)24(2)38(23)17-9-19-44-28-13-6-12-27(36)21-28/h6-7,10,12-16,20-22,33H,8-9,11,17-19H2,1-5H3. The van der Waals surface area contributed by atoms with Crippen LogP contribution in [0.4, 0.5) is 4.39 Å². The average Bonchev–Trinajstić information content (AvgIpc) is 3.05. The number of aryl methyl sites for hydroxylation is 1. The number of carbonyl (C=O) groups excluding carboxylic acids is 2. The van der Waals surface area contributed by atoms with Gasteiger partial charge in [0.15, 0.2) is 11.5 Å². The summed E-state index contributed by atoms with van der Waals surface area (Å²) in [6, 6.07) is 15.1. The minimum atomic E-state index is -0.789. The zero-order valence-corrected chi connectivity index (χ0v) is 26.3. The molecule has 10 heteroatoms. The van der Waals surface area contributed by atoms with Crippen LogP contribution < -0.4 is 14.2 Å². The van der Waals surface area contributed by atoms with Gasteiger partial charge in [-0.2, -0.15) is 0 Å². The number of benzene rings is 2. The van der Waals surface area contributed by atoms with Gasteiger partial charge in [-0.25, -0.2) is 14.0 Å². The third-order valence-electron chi connectivity index (χ3n) is 7.69. The number of allylic oxidation sites excluding steroid dienone is 2. The molecular weight excluding hydrogens is 579 g/mol. The van der Waals surface area contributed by atoms with Crippen molar-refractivity contribution in [1.82, 2.24) is 9.88 Å².